The molecule has 2 aromatic rings. The van der Waals surface area contributed by atoms with Crippen LogP contribution in [0.5, 0.6) is 5.75 Å². The minimum atomic E-state index is -3.63. The number of rotatable bonds is 4. The summed E-state index contributed by atoms with van der Waals surface area (Å²) in [5.41, 5.74) is 1.64. The van der Waals surface area contributed by atoms with Crippen molar-refractivity contribution in [3.63, 3.8) is 0 Å². The molecule has 0 bridgehead atoms. The molecule has 1 aliphatic rings. The van der Waals surface area contributed by atoms with Gasteiger partial charge >= 0.3 is 0 Å². The SMILES string of the molecule is COc1cccc(C2=NN(S(C)(=O)=O)[C@@H](c3ccccc3F)C2)c1. The number of nitrogens with zero attached hydrogens (tertiary/aromatic N) is 2. The average Bonchev–Trinajstić information content (AvgIpc) is 3.01. The summed E-state index contributed by atoms with van der Waals surface area (Å²) < 4.78 is 44.5. The fourth-order valence-electron chi connectivity index (χ4n) is 2.75. The second-order valence-corrected chi connectivity index (χ2v) is 7.40. The van der Waals surface area contributed by atoms with Gasteiger partial charge < -0.3 is 4.74 Å². The molecule has 1 heterocycles. The van der Waals surface area contributed by atoms with Crippen molar-refractivity contribution in [3.05, 3.63) is 65.5 Å². The van der Waals surface area contributed by atoms with Gasteiger partial charge in [-0.25, -0.2) is 12.8 Å². The highest BCUT2D eigenvalue weighted by Gasteiger charge is 2.35. The highest BCUT2D eigenvalue weighted by Crippen LogP contribution is 2.36. The van der Waals surface area contributed by atoms with Crippen LogP contribution < -0.4 is 4.74 Å². The molecule has 1 atom stereocenters. The van der Waals surface area contributed by atoms with Crippen molar-refractivity contribution in [2.45, 2.75) is 12.5 Å². The zero-order valence-corrected chi connectivity index (χ0v) is 14.1. The molecule has 5 nitrogen and oxygen atoms in total. The lowest BCUT2D eigenvalue weighted by atomic mass is 9.98. The molecule has 0 saturated carbocycles. The molecule has 0 amide bonds. The van der Waals surface area contributed by atoms with Gasteiger partial charge in [0.2, 0.25) is 10.0 Å². The van der Waals surface area contributed by atoms with Gasteiger partial charge in [0, 0.05) is 17.5 Å². The van der Waals surface area contributed by atoms with Gasteiger partial charge in [-0.15, -0.1) is 0 Å². The zero-order chi connectivity index (χ0) is 17.3. The molecule has 0 N–H and O–H groups in total. The van der Waals surface area contributed by atoms with E-state index in [2.05, 4.69) is 5.10 Å². The summed E-state index contributed by atoms with van der Waals surface area (Å²) in [6.45, 7) is 0. The Morgan fingerprint density at radius 3 is 2.62 bits per heavy atom. The van der Waals surface area contributed by atoms with E-state index < -0.39 is 21.9 Å². The third-order valence-electron chi connectivity index (χ3n) is 3.88. The summed E-state index contributed by atoms with van der Waals surface area (Å²) in [5, 5.41) is 4.24. The normalized spacial score (nSPS) is 17.7. The first-order valence-electron chi connectivity index (χ1n) is 7.36. The minimum absolute atomic E-state index is 0.293. The van der Waals surface area contributed by atoms with E-state index in [-0.39, 0.29) is 0 Å². The van der Waals surface area contributed by atoms with Crippen LogP contribution in [-0.4, -0.2) is 31.9 Å². The molecule has 7 heteroatoms. The van der Waals surface area contributed by atoms with Crippen molar-refractivity contribution in [1.82, 2.24) is 4.41 Å². The Kier molecular flexibility index (Phi) is 4.28. The van der Waals surface area contributed by atoms with Crippen LogP contribution in [0.2, 0.25) is 0 Å². The van der Waals surface area contributed by atoms with E-state index in [0.29, 0.717) is 23.4 Å². The Balaban J connectivity index is 2.04. The van der Waals surface area contributed by atoms with Crippen LogP contribution in [0.15, 0.2) is 53.6 Å². The number of ether oxygens (including phenoxy) is 1. The third kappa shape index (κ3) is 3.12. The van der Waals surface area contributed by atoms with E-state index in [1.807, 2.05) is 6.07 Å². The van der Waals surface area contributed by atoms with Crippen molar-refractivity contribution in [2.75, 3.05) is 13.4 Å². The van der Waals surface area contributed by atoms with Gasteiger partial charge in [-0.05, 0) is 18.2 Å². The fourth-order valence-corrected chi connectivity index (χ4v) is 3.65. The molecule has 0 saturated heterocycles. The average molecular weight is 348 g/mol. The Labute approximate surface area is 140 Å². The van der Waals surface area contributed by atoms with Crippen LogP contribution >= 0.6 is 0 Å². The third-order valence-corrected chi connectivity index (χ3v) is 4.90. The fraction of sp³-hybridized carbons (Fsp3) is 0.235. The smallest absolute Gasteiger partial charge is 0.247 e. The predicted octanol–water partition coefficient (Wildman–Crippen LogP) is 2.95. The second-order valence-electron chi connectivity index (χ2n) is 5.56. The van der Waals surface area contributed by atoms with Gasteiger partial charge in [-0.3, -0.25) is 0 Å². The first-order valence-corrected chi connectivity index (χ1v) is 9.20. The van der Waals surface area contributed by atoms with E-state index in [9.17, 15) is 12.8 Å². The molecule has 0 fully saturated rings. The number of hydrazone groups is 1. The van der Waals surface area contributed by atoms with Gasteiger partial charge in [0.05, 0.1) is 25.1 Å². The van der Waals surface area contributed by atoms with Crippen LogP contribution in [0.3, 0.4) is 0 Å². The lowest BCUT2D eigenvalue weighted by Crippen LogP contribution is -2.26. The van der Waals surface area contributed by atoms with Gasteiger partial charge in [0.1, 0.15) is 11.6 Å². The molecule has 0 radical (unpaired) electrons. The van der Waals surface area contributed by atoms with Gasteiger partial charge in [0.15, 0.2) is 0 Å². The zero-order valence-electron chi connectivity index (χ0n) is 13.3. The molecule has 1 aliphatic heterocycles. The van der Waals surface area contributed by atoms with Crippen molar-refractivity contribution >= 4 is 15.7 Å². The molecule has 0 aromatic heterocycles. The number of sulfonamides is 1. The molecule has 24 heavy (non-hydrogen) atoms. The summed E-state index contributed by atoms with van der Waals surface area (Å²) in [6, 6.07) is 12.7. The number of benzene rings is 2. The van der Waals surface area contributed by atoms with E-state index in [1.165, 1.54) is 6.07 Å². The largest absolute Gasteiger partial charge is 0.497 e. The van der Waals surface area contributed by atoms with Gasteiger partial charge in [-0.1, -0.05) is 30.3 Å². The van der Waals surface area contributed by atoms with Crippen molar-refractivity contribution in [1.29, 1.82) is 0 Å². The van der Waals surface area contributed by atoms with E-state index in [4.69, 9.17) is 4.74 Å². The Morgan fingerprint density at radius 2 is 1.96 bits per heavy atom. The molecule has 126 valence electrons. The summed E-state index contributed by atoms with van der Waals surface area (Å²) in [7, 11) is -2.07. The number of hydrogen-bond acceptors (Lipinski definition) is 4. The monoisotopic (exact) mass is 348 g/mol. The van der Waals surface area contributed by atoms with Crippen LogP contribution in [0.1, 0.15) is 23.6 Å². The predicted molar refractivity (Wildman–Crippen MR) is 90.0 cm³/mol. The van der Waals surface area contributed by atoms with Gasteiger partial charge in [0.25, 0.3) is 0 Å². The van der Waals surface area contributed by atoms with Crippen LogP contribution in [0.4, 0.5) is 4.39 Å². The Hall–Kier alpha value is -2.41. The summed E-state index contributed by atoms with van der Waals surface area (Å²) in [6.07, 6.45) is 1.36. The molecule has 0 spiro atoms. The molecular formula is C17H17FN2O3S. The van der Waals surface area contributed by atoms with Crippen LogP contribution in [-0.2, 0) is 10.0 Å². The number of methoxy groups -OCH3 is 1. The standard InChI is InChI=1S/C17H17FN2O3S/c1-23-13-7-5-6-12(10-13)16-11-17(20(19-16)24(2,21)22)14-8-3-4-9-15(14)18/h3-10,17H,11H2,1-2H3/t17-/m1/s1. The summed E-state index contributed by atoms with van der Waals surface area (Å²) in [4.78, 5) is 0. The number of halogens is 1. The first kappa shape index (κ1) is 16.4. The van der Waals surface area contributed by atoms with Crippen LogP contribution in [0.25, 0.3) is 0 Å². The second kappa shape index (κ2) is 6.24. The van der Waals surface area contributed by atoms with E-state index in [0.717, 1.165) is 16.2 Å². The van der Waals surface area contributed by atoms with Crippen molar-refractivity contribution in [3.8, 4) is 5.75 Å². The quantitative estimate of drug-likeness (QED) is 0.853. The van der Waals surface area contributed by atoms with Crippen LogP contribution in [0, 0.1) is 5.82 Å². The highest BCUT2D eigenvalue weighted by atomic mass is 32.2. The molecule has 0 aliphatic carbocycles. The molecular weight excluding hydrogens is 331 g/mol. The highest BCUT2D eigenvalue weighted by molar-refractivity contribution is 7.88. The first-order chi connectivity index (χ1) is 11.4. The van der Waals surface area contributed by atoms with Crippen molar-refractivity contribution < 1.29 is 17.5 Å². The maximum atomic E-state index is 14.2. The Morgan fingerprint density at radius 1 is 1.21 bits per heavy atom. The molecule has 0 unspecified atom stereocenters. The maximum absolute atomic E-state index is 14.2. The minimum Gasteiger partial charge on any atom is -0.497 e. The maximum Gasteiger partial charge on any atom is 0.247 e. The number of hydrogen-bond donors (Lipinski definition) is 0. The van der Waals surface area contributed by atoms with Gasteiger partial charge in [-0.2, -0.15) is 9.52 Å². The molecule has 2 aromatic carbocycles. The summed E-state index contributed by atoms with van der Waals surface area (Å²) in [5.74, 6) is 0.202. The van der Waals surface area contributed by atoms with E-state index >= 15 is 0 Å². The van der Waals surface area contributed by atoms with E-state index in [1.54, 1.807) is 43.5 Å². The lowest BCUT2D eigenvalue weighted by molar-refractivity contribution is 0.365. The summed E-state index contributed by atoms with van der Waals surface area (Å²) >= 11 is 0. The van der Waals surface area contributed by atoms with Crippen molar-refractivity contribution in [2.24, 2.45) is 5.10 Å². The molecule has 3 rings (SSSR count). The lowest BCUT2D eigenvalue weighted by Gasteiger charge is -2.21. The Bertz CT molecular complexity index is 896. The topological polar surface area (TPSA) is 59.0 Å².